The van der Waals surface area contributed by atoms with E-state index in [-0.39, 0.29) is 18.6 Å². The van der Waals surface area contributed by atoms with Gasteiger partial charge in [-0.3, -0.25) is 9.36 Å². The Bertz CT molecular complexity index is 293. The van der Waals surface area contributed by atoms with Gasteiger partial charge in [0.1, 0.15) is 6.16 Å². The zero-order valence-electron chi connectivity index (χ0n) is 11.8. The molecule has 0 bridgehead atoms. The first-order valence-electron chi connectivity index (χ1n) is 6.16. The van der Waals surface area contributed by atoms with E-state index in [9.17, 15) is 9.36 Å². The summed E-state index contributed by atoms with van der Waals surface area (Å²) in [4.78, 5) is 12.1. The third kappa shape index (κ3) is 6.10. The minimum Gasteiger partial charge on any atom is -0.396 e. The summed E-state index contributed by atoms with van der Waals surface area (Å²) in [6.07, 6.45) is 3.02. The van der Waals surface area contributed by atoms with Crippen LogP contribution in [0.4, 0.5) is 0 Å². The molecule has 18 heavy (non-hydrogen) atoms. The molecule has 0 saturated heterocycles. The number of ketones is 1. The van der Waals surface area contributed by atoms with Crippen LogP contribution in [0.25, 0.3) is 0 Å². The van der Waals surface area contributed by atoms with Crippen LogP contribution in [0.3, 0.4) is 0 Å². The van der Waals surface area contributed by atoms with E-state index in [0.29, 0.717) is 6.42 Å². The summed E-state index contributed by atoms with van der Waals surface area (Å²) in [6.45, 7) is 3.85. The molecule has 0 aliphatic heterocycles. The van der Waals surface area contributed by atoms with Gasteiger partial charge in [0.25, 0.3) is 0 Å². The second-order valence-electron chi connectivity index (χ2n) is 4.98. The average molecular weight is 280 g/mol. The topological polar surface area (TPSA) is 72.8 Å². The first-order valence-corrected chi connectivity index (χ1v) is 7.89. The molecule has 0 unspecified atom stereocenters. The summed E-state index contributed by atoms with van der Waals surface area (Å²) < 4.78 is 21.4. The molecule has 0 atom stereocenters. The lowest BCUT2D eigenvalue weighted by atomic mass is 9.83. The van der Waals surface area contributed by atoms with Crippen LogP contribution in [0.1, 0.15) is 39.5 Å². The molecule has 0 aromatic heterocycles. The summed E-state index contributed by atoms with van der Waals surface area (Å²) in [5.41, 5.74) is -0.540. The normalized spacial score (nSPS) is 12.7. The number of aliphatic hydroxyl groups excluding tert-OH is 1. The molecule has 1 N–H and O–H groups in total. The zero-order valence-corrected chi connectivity index (χ0v) is 12.7. The summed E-state index contributed by atoms with van der Waals surface area (Å²) in [5, 5.41) is 8.68. The van der Waals surface area contributed by atoms with Gasteiger partial charge in [0.05, 0.1) is 0 Å². The molecule has 0 aliphatic rings. The van der Waals surface area contributed by atoms with Gasteiger partial charge < -0.3 is 14.2 Å². The lowest BCUT2D eigenvalue weighted by Gasteiger charge is -2.24. The molecule has 0 aliphatic carbocycles. The fourth-order valence-corrected chi connectivity index (χ4v) is 2.78. The summed E-state index contributed by atoms with van der Waals surface area (Å²) in [6, 6.07) is 0. The number of carbonyl (C=O) groups excluding carboxylic acids is 1. The number of hydrogen-bond donors (Lipinski definition) is 1. The third-order valence-electron chi connectivity index (χ3n) is 3.11. The predicted octanol–water partition coefficient (Wildman–Crippen LogP) is 2.62. The maximum absolute atomic E-state index is 12.1. The number of carbonyl (C=O) groups is 1. The first-order chi connectivity index (χ1) is 8.31. The van der Waals surface area contributed by atoms with Crippen LogP contribution in [0.2, 0.25) is 0 Å². The Morgan fingerprint density at radius 1 is 1.17 bits per heavy atom. The van der Waals surface area contributed by atoms with Crippen LogP contribution in [0.5, 0.6) is 0 Å². The third-order valence-corrected chi connectivity index (χ3v) is 4.90. The Hall–Kier alpha value is -0.220. The fourth-order valence-electron chi connectivity index (χ4n) is 1.59. The van der Waals surface area contributed by atoms with Crippen molar-refractivity contribution in [1.29, 1.82) is 0 Å². The van der Waals surface area contributed by atoms with Crippen molar-refractivity contribution in [3.05, 3.63) is 0 Å². The van der Waals surface area contributed by atoms with Crippen LogP contribution >= 0.6 is 7.60 Å². The van der Waals surface area contributed by atoms with Crippen molar-refractivity contribution < 1.29 is 23.5 Å². The van der Waals surface area contributed by atoms with Crippen molar-refractivity contribution in [3.8, 4) is 0 Å². The molecule has 108 valence electrons. The highest BCUT2D eigenvalue weighted by atomic mass is 31.2. The van der Waals surface area contributed by atoms with Crippen molar-refractivity contribution >= 4 is 13.4 Å². The Morgan fingerprint density at radius 3 is 2.17 bits per heavy atom. The van der Waals surface area contributed by atoms with Crippen LogP contribution < -0.4 is 0 Å². The lowest BCUT2D eigenvalue weighted by molar-refractivity contribution is -0.125. The number of unbranched alkanes of at least 4 members (excludes halogenated alkanes) is 2. The Kier molecular flexibility index (Phi) is 7.95. The van der Waals surface area contributed by atoms with E-state index in [1.165, 1.54) is 14.2 Å². The zero-order chi connectivity index (χ0) is 14.2. The van der Waals surface area contributed by atoms with Gasteiger partial charge in [0.2, 0.25) is 0 Å². The van der Waals surface area contributed by atoms with Gasteiger partial charge in [0.15, 0.2) is 5.78 Å². The highest BCUT2D eigenvalue weighted by molar-refractivity contribution is 7.54. The van der Waals surface area contributed by atoms with E-state index >= 15 is 0 Å². The van der Waals surface area contributed by atoms with Gasteiger partial charge in [-0.1, -0.05) is 26.7 Å². The summed E-state index contributed by atoms with van der Waals surface area (Å²) >= 11 is 0. The Labute approximate surface area is 109 Å². The quantitative estimate of drug-likeness (QED) is 0.492. The molecule has 0 heterocycles. The Balaban J connectivity index is 4.33. The van der Waals surface area contributed by atoms with Gasteiger partial charge in [0, 0.05) is 26.2 Å². The monoisotopic (exact) mass is 280 g/mol. The lowest BCUT2D eigenvalue weighted by Crippen LogP contribution is -2.27. The predicted molar refractivity (Wildman–Crippen MR) is 70.8 cm³/mol. The number of aliphatic hydroxyl groups is 1. The van der Waals surface area contributed by atoms with Crippen molar-refractivity contribution in [3.63, 3.8) is 0 Å². The van der Waals surface area contributed by atoms with E-state index in [1.54, 1.807) is 0 Å². The SMILES string of the molecule is COP(=O)(CC(=O)C(C)(C)CCCCCO)OC. The van der Waals surface area contributed by atoms with E-state index in [0.717, 1.165) is 19.3 Å². The highest BCUT2D eigenvalue weighted by Crippen LogP contribution is 2.47. The average Bonchev–Trinajstić information content (AvgIpc) is 2.34. The van der Waals surface area contributed by atoms with Gasteiger partial charge in [-0.2, -0.15) is 0 Å². The molecule has 0 amide bonds. The smallest absolute Gasteiger partial charge is 0.337 e. The molecular formula is C12H25O5P. The maximum Gasteiger partial charge on any atom is 0.337 e. The van der Waals surface area contributed by atoms with Crippen LogP contribution in [0, 0.1) is 5.41 Å². The van der Waals surface area contributed by atoms with Crippen molar-refractivity contribution in [2.45, 2.75) is 39.5 Å². The van der Waals surface area contributed by atoms with Crippen LogP contribution in [-0.4, -0.2) is 37.9 Å². The second kappa shape index (κ2) is 8.05. The number of Topliss-reactive ketones (excluding diaryl/α,β-unsaturated/α-hetero) is 1. The molecule has 0 radical (unpaired) electrons. The molecule has 0 spiro atoms. The van der Waals surface area contributed by atoms with Gasteiger partial charge >= 0.3 is 7.60 Å². The van der Waals surface area contributed by atoms with Gasteiger partial charge in [-0.15, -0.1) is 0 Å². The molecule has 6 heteroatoms. The standard InChI is InChI=1S/C12H25O5P/c1-12(2,8-6-5-7-9-13)11(14)10-18(15,16-3)17-4/h13H,5-10H2,1-4H3. The van der Waals surface area contributed by atoms with E-state index < -0.39 is 13.0 Å². The van der Waals surface area contributed by atoms with E-state index in [1.807, 2.05) is 13.8 Å². The second-order valence-corrected chi connectivity index (χ2v) is 7.24. The van der Waals surface area contributed by atoms with E-state index in [4.69, 9.17) is 14.2 Å². The molecule has 0 rings (SSSR count). The molecule has 0 fully saturated rings. The number of hydrogen-bond acceptors (Lipinski definition) is 5. The fraction of sp³-hybridized carbons (Fsp3) is 0.917. The van der Waals surface area contributed by atoms with Crippen LogP contribution in [-0.2, 0) is 18.4 Å². The molecule has 0 saturated carbocycles. The Morgan fingerprint density at radius 2 is 1.72 bits per heavy atom. The van der Waals surface area contributed by atoms with E-state index in [2.05, 4.69) is 0 Å². The summed E-state index contributed by atoms with van der Waals surface area (Å²) in [5.74, 6) is -0.112. The number of rotatable bonds is 10. The minimum absolute atomic E-state index is 0.112. The summed E-state index contributed by atoms with van der Waals surface area (Å²) in [7, 11) is -0.701. The molecule has 5 nitrogen and oxygen atoms in total. The van der Waals surface area contributed by atoms with Crippen molar-refractivity contribution in [1.82, 2.24) is 0 Å². The van der Waals surface area contributed by atoms with Gasteiger partial charge in [-0.25, -0.2) is 0 Å². The van der Waals surface area contributed by atoms with Crippen molar-refractivity contribution in [2.24, 2.45) is 5.41 Å². The largest absolute Gasteiger partial charge is 0.396 e. The minimum atomic E-state index is -3.27. The van der Waals surface area contributed by atoms with Crippen molar-refractivity contribution in [2.75, 3.05) is 27.0 Å². The molecule has 0 aromatic carbocycles. The van der Waals surface area contributed by atoms with Crippen LogP contribution in [0.15, 0.2) is 0 Å². The molecule has 0 aromatic rings. The molecular weight excluding hydrogens is 255 g/mol. The first kappa shape index (κ1) is 17.8. The maximum atomic E-state index is 12.1. The van der Waals surface area contributed by atoms with Gasteiger partial charge in [-0.05, 0) is 12.8 Å². The highest BCUT2D eigenvalue weighted by Gasteiger charge is 2.34.